The van der Waals surface area contributed by atoms with E-state index in [0.29, 0.717) is 6.04 Å². The molecule has 2 heteroatoms. The number of likely N-dealkylation sites (N-methyl/N-ethyl adjacent to an activating group) is 1. The van der Waals surface area contributed by atoms with E-state index in [2.05, 4.69) is 105 Å². The molecule has 0 saturated heterocycles. The molecule has 148 valence electrons. The molecule has 3 rings (SSSR count). The van der Waals surface area contributed by atoms with E-state index in [1.165, 1.54) is 23.1 Å². The van der Waals surface area contributed by atoms with Crippen molar-refractivity contribution in [3.63, 3.8) is 0 Å². The topological polar surface area (TPSA) is 0 Å². The SMILES string of the molecule is C[N+](C)(CCc1ccccc1)C(CCc1ccccc1)Cc1ccccc1.[I-]. The average Bonchev–Trinajstić information content (AvgIpc) is 2.72. The van der Waals surface area contributed by atoms with E-state index < -0.39 is 0 Å². The van der Waals surface area contributed by atoms with Gasteiger partial charge in [0.15, 0.2) is 0 Å². The fraction of sp³-hybridized carbons (Fsp3) is 0.308. The van der Waals surface area contributed by atoms with Gasteiger partial charge in [-0.2, -0.15) is 0 Å². The fourth-order valence-electron chi connectivity index (χ4n) is 3.81. The zero-order valence-corrected chi connectivity index (χ0v) is 19.3. The Balaban J connectivity index is 0.00000280. The molecular weight excluding hydrogens is 453 g/mol. The van der Waals surface area contributed by atoms with Gasteiger partial charge in [0.05, 0.1) is 26.7 Å². The van der Waals surface area contributed by atoms with Gasteiger partial charge in [-0.15, -0.1) is 0 Å². The highest BCUT2D eigenvalue weighted by molar-refractivity contribution is 5.17. The zero-order valence-electron chi connectivity index (χ0n) is 17.1. The third kappa shape index (κ3) is 7.06. The van der Waals surface area contributed by atoms with Crippen LogP contribution in [-0.2, 0) is 19.3 Å². The quantitative estimate of drug-likeness (QED) is 0.323. The van der Waals surface area contributed by atoms with Crippen LogP contribution in [0.4, 0.5) is 0 Å². The van der Waals surface area contributed by atoms with Gasteiger partial charge in [0, 0.05) is 19.3 Å². The minimum atomic E-state index is 0. The molecule has 3 aromatic rings. The maximum absolute atomic E-state index is 2.40. The number of aryl methyl sites for hydroxylation is 1. The monoisotopic (exact) mass is 485 g/mol. The van der Waals surface area contributed by atoms with Crippen LogP contribution >= 0.6 is 0 Å². The summed E-state index contributed by atoms with van der Waals surface area (Å²) in [5, 5.41) is 0. The molecule has 28 heavy (non-hydrogen) atoms. The van der Waals surface area contributed by atoms with Crippen molar-refractivity contribution in [2.24, 2.45) is 0 Å². The highest BCUT2D eigenvalue weighted by atomic mass is 127. The Labute approximate surface area is 188 Å². The van der Waals surface area contributed by atoms with Gasteiger partial charge in [0.1, 0.15) is 0 Å². The van der Waals surface area contributed by atoms with Crippen LogP contribution in [0.3, 0.4) is 0 Å². The molecule has 1 unspecified atom stereocenters. The van der Waals surface area contributed by atoms with Gasteiger partial charge in [0.25, 0.3) is 0 Å². The van der Waals surface area contributed by atoms with E-state index in [0.717, 1.165) is 30.3 Å². The Bertz CT molecular complexity index is 784. The summed E-state index contributed by atoms with van der Waals surface area (Å²) in [5.74, 6) is 0. The van der Waals surface area contributed by atoms with Gasteiger partial charge >= 0.3 is 0 Å². The molecule has 1 atom stereocenters. The summed E-state index contributed by atoms with van der Waals surface area (Å²) in [5.41, 5.74) is 4.32. The smallest absolute Gasteiger partial charge is 0.0930 e. The number of halogens is 1. The summed E-state index contributed by atoms with van der Waals surface area (Å²) < 4.78 is 1.05. The van der Waals surface area contributed by atoms with Gasteiger partial charge in [0.2, 0.25) is 0 Å². The van der Waals surface area contributed by atoms with Crippen molar-refractivity contribution in [3.05, 3.63) is 108 Å². The molecule has 0 amide bonds. The lowest BCUT2D eigenvalue weighted by Crippen LogP contribution is -3.00. The lowest BCUT2D eigenvalue weighted by atomic mass is 9.96. The summed E-state index contributed by atoms with van der Waals surface area (Å²) in [7, 11) is 4.81. The zero-order chi connectivity index (χ0) is 19.0. The van der Waals surface area contributed by atoms with Crippen LogP contribution in [0.25, 0.3) is 0 Å². The molecule has 3 aromatic carbocycles. The largest absolute Gasteiger partial charge is 1.00 e. The Hall–Kier alpha value is -1.65. The number of hydrogen-bond acceptors (Lipinski definition) is 0. The van der Waals surface area contributed by atoms with Crippen LogP contribution < -0.4 is 24.0 Å². The number of benzene rings is 3. The van der Waals surface area contributed by atoms with Gasteiger partial charge < -0.3 is 28.5 Å². The minimum absolute atomic E-state index is 0. The standard InChI is InChI=1S/C26H32N.HI/c1-27(2,21-20-24-14-8-4-9-15-24)26(22-25-16-10-5-11-17-25)19-18-23-12-6-3-7-13-23;/h3-17,26H,18-22H2,1-2H3;1H/q+1;/p-1. The van der Waals surface area contributed by atoms with Crippen LogP contribution in [0.1, 0.15) is 23.1 Å². The number of nitrogens with zero attached hydrogens (tertiary/aromatic N) is 1. The first-order valence-corrected chi connectivity index (χ1v) is 10.1. The minimum Gasteiger partial charge on any atom is -1.00 e. The maximum atomic E-state index is 2.40. The van der Waals surface area contributed by atoms with Crippen molar-refractivity contribution < 1.29 is 28.5 Å². The Morgan fingerprint density at radius 2 is 1.04 bits per heavy atom. The Morgan fingerprint density at radius 1 is 0.607 bits per heavy atom. The highest BCUT2D eigenvalue weighted by Gasteiger charge is 2.28. The predicted molar refractivity (Wildman–Crippen MR) is 116 cm³/mol. The molecule has 0 heterocycles. The second kappa shape index (κ2) is 11.4. The Kier molecular flexibility index (Phi) is 9.20. The second-order valence-electron chi connectivity index (χ2n) is 8.11. The maximum Gasteiger partial charge on any atom is 0.0930 e. The van der Waals surface area contributed by atoms with Crippen LogP contribution in [0.15, 0.2) is 91.0 Å². The number of rotatable bonds is 9. The van der Waals surface area contributed by atoms with Gasteiger partial charge in [-0.25, -0.2) is 0 Å². The summed E-state index contributed by atoms with van der Waals surface area (Å²) >= 11 is 0. The summed E-state index contributed by atoms with van der Waals surface area (Å²) in [6, 6.07) is 33.4. The molecule has 0 saturated carbocycles. The van der Waals surface area contributed by atoms with Crippen LogP contribution in [0, 0.1) is 0 Å². The molecule has 0 aromatic heterocycles. The third-order valence-electron chi connectivity index (χ3n) is 5.73. The Morgan fingerprint density at radius 3 is 1.54 bits per heavy atom. The first kappa shape index (κ1) is 22.6. The van der Waals surface area contributed by atoms with Crippen LogP contribution in [-0.4, -0.2) is 31.2 Å². The normalized spacial score (nSPS) is 12.2. The third-order valence-corrected chi connectivity index (χ3v) is 5.73. The van der Waals surface area contributed by atoms with E-state index in [-0.39, 0.29) is 24.0 Å². The number of quaternary nitrogens is 1. The van der Waals surface area contributed by atoms with Crippen LogP contribution in [0.5, 0.6) is 0 Å². The lowest BCUT2D eigenvalue weighted by molar-refractivity contribution is -0.915. The van der Waals surface area contributed by atoms with E-state index in [4.69, 9.17) is 0 Å². The molecule has 0 aliphatic carbocycles. The average molecular weight is 485 g/mol. The first-order chi connectivity index (χ1) is 13.1. The lowest BCUT2D eigenvalue weighted by Gasteiger charge is -2.39. The molecule has 0 N–H and O–H groups in total. The van der Waals surface area contributed by atoms with Crippen molar-refractivity contribution in [2.45, 2.75) is 31.7 Å². The number of hydrogen-bond donors (Lipinski definition) is 0. The van der Waals surface area contributed by atoms with Crippen molar-refractivity contribution in [1.82, 2.24) is 0 Å². The molecule has 0 fully saturated rings. The van der Waals surface area contributed by atoms with Crippen LogP contribution in [0.2, 0.25) is 0 Å². The molecule has 0 bridgehead atoms. The van der Waals surface area contributed by atoms with Gasteiger partial charge in [-0.05, 0) is 23.1 Å². The van der Waals surface area contributed by atoms with Gasteiger partial charge in [-0.3, -0.25) is 0 Å². The van der Waals surface area contributed by atoms with E-state index >= 15 is 0 Å². The van der Waals surface area contributed by atoms with Crippen molar-refractivity contribution in [2.75, 3.05) is 20.6 Å². The van der Waals surface area contributed by atoms with E-state index in [1.54, 1.807) is 0 Å². The van der Waals surface area contributed by atoms with Crippen molar-refractivity contribution in [3.8, 4) is 0 Å². The van der Waals surface area contributed by atoms with Crippen molar-refractivity contribution in [1.29, 1.82) is 0 Å². The predicted octanol–water partition coefficient (Wildman–Crippen LogP) is 2.55. The molecule has 1 nitrogen and oxygen atoms in total. The second-order valence-corrected chi connectivity index (χ2v) is 8.11. The van der Waals surface area contributed by atoms with E-state index in [1.807, 2.05) is 0 Å². The molecule has 0 radical (unpaired) electrons. The molecule has 0 spiro atoms. The molecular formula is C26H32IN. The van der Waals surface area contributed by atoms with Crippen molar-refractivity contribution >= 4 is 0 Å². The van der Waals surface area contributed by atoms with Gasteiger partial charge in [-0.1, -0.05) is 91.0 Å². The van der Waals surface area contributed by atoms with E-state index in [9.17, 15) is 0 Å². The summed E-state index contributed by atoms with van der Waals surface area (Å²) in [6.07, 6.45) is 4.62. The summed E-state index contributed by atoms with van der Waals surface area (Å²) in [6.45, 7) is 1.16. The fourth-order valence-corrected chi connectivity index (χ4v) is 3.81. The first-order valence-electron chi connectivity index (χ1n) is 10.1. The molecule has 0 aliphatic heterocycles. The summed E-state index contributed by atoms with van der Waals surface area (Å²) in [4.78, 5) is 0. The molecule has 0 aliphatic rings. The highest BCUT2D eigenvalue weighted by Crippen LogP contribution is 2.20.